The number of nitro benzene ring substituents is 1. The summed E-state index contributed by atoms with van der Waals surface area (Å²) in [5, 5.41) is 20.2. The fraction of sp³-hybridized carbons (Fsp3) is 0.533. The number of benzene rings is 1. The molecule has 130 valence electrons. The molecule has 1 saturated heterocycles. The van der Waals surface area contributed by atoms with Crippen LogP contribution in [0.5, 0.6) is 0 Å². The molecule has 0 bridgehead atoms. The van der Waals surface area contributed by atoms with Crippen molar-refractivity contribution in [3.63, 3.8) is 0 Å². The van der Waals surface area contributed by atoms with Gasteiger partial charge in [0.1, 0.15) is 6.04 Å². The summed E-state index contributed by atoms with van der Waals surface area (Å²) in [6.45, 7) is 0. The summed E-state index contributed by atoms with van der Waals surface area (Å²) in [7, 11) is -4.02. The molecular formula is C15H18N2O6S. The predicted molar refractivity (Wildman–Crippen MR) is 83.9 cm³/mol. The van der Waals surface area contributed by atoms with E-state index >= 15 is 0 Å². The maximum atomic E-state index is 13.0. The summed E-state index contributed by atoms with van der Waals surface area (Å²) in [4.78, 5) is 21.6. The molecule has 1 aromatic rings. The van der Waals surface area contributed by atoms with Crippen LogP contribution in [-0.2, 0) is 14.8 Å². The van der Waals surface area contributed by atoms with Crippen molar-refractivity contribution >= 4 is 21.7 Å². The van der Waals surface area contributed by atoms with Crippen molar-refractivity contribution in [2.24, 2.45) is 5.92 Å². The Morgan fingerprint density at radius 1 is 1.21 bits per heavy atom. The normalized spacial score (nSPS) is 27.6. The average Bonchev–Trinajstić information content (AvgIpc) is 2.95. The smallest absolute Gasteiger partial charge is 0.322 e. The molecule has 1 aromatic carbocycles. The number of nitro groups is 1. The Morgan fingerprint density at radius 2 is 1.83 bits per heavy atom. The lowest BCUT2D eigenvalue weighted by molar-refractivity contribution is -0.384. The minimum atomic E-state index is -4.02. The summed E-state index contributed by atoms with van der Waals surface area (Å²) < 4.78 is 27.1. The molecule has 3 unspecified atom stereocenters. The zero-order valence-corrected chi connectivity index (χ0v) is 13.7. The van der Waals surface area contributed by atoms with Crippen molar-refractivity contribution in [1.29, 1.82) is 0 Å². The van der Waals surface area contributed by atoms with Crippen LogP contribution in [0.2, 0.25) is 0 Å². The van der Waals surface area contributed by atoms with Crippen LogP contribution >= 0.6 is 0 Å². The molecule has 8 nitrogen and oxygen atoms in total. The van der Waals surface area contributed by atoms with E-state index in [1.165, 1.54) is 12.1 Å². The summed E-state index contributed by atoms with van der Waals surface area (Å²) in [6.07, 6.45) is 3.67. The highest BCUT2D eigenvalue weighted by molar-refractivity contribution is 7.89. The van der Waals surface area contributed by atoms with Gasteiger partial charge in [0, 0.05) is 18.2 Å². The molecule has 0 spiro atoms. The zero-order valence-electron chi connectivity index (χ0n) is 12.9. The Morgan fingerprint density at radius 3 is 2.42 bits per heavy atom. The number of rotatable bonds is 4. The number of carbonyl (C=O) groups is 1. The number of nitrogens with zero attached hydrogens (tertiary/aromatic N) is 2. The number of hydrogen-bond donors (Lipinski definition) is 1. The fourth-order valence-corrected chi connectivity index (χ4v) is 5.71. The quantitative estimate of drug-likeness (QED) is 0.652. The molecule has 2 aliphatic rings. The summed E-state index contributed by atoms with van der Waals surface area (Å²) in [5.41, 5.74) is -0.208. The maximum Gasteiger partial charge on any atom is 0.322 e. The minimum absolute atomic E-state index is 0.0627. The SMILES string of the molecule is O=C(O)C1CC2CCCCC2N1S(=O)(=O)c1ccc([N+](=O)[O-])cc1. The van der Waals surface area contributed by atoms with Gasteiger partial charge < -0.3 is 5.11 Å². The van der Waals surface area contributed by atoms with Gasteiger partial charge in [-0.1, -0.05) is 12.8 Å². The maximum absolute atomic E-state index is 13.0. The van der Waals surface area contributed by atoms with Crippen LogP contribution in [0.15, 0.2) is 29.2 Å². The first-order chi connectivity index (χ1) is 11.3. The third-order valence-corrected chi connectivity index (χ3v) is 6.89. The second-order valence-electron chi connectivity index (χ2n) is 6.29. The van der Waals surface area contributed by atoms with Crippen molar-refractivity contribution in [3.05, 3.63) is 34.4 Å². The lowest BCUT2D eigenvalue weighted by Gasteiger charge is -2.32. The van der Waals surface area contributed by atoms with Crippen molar-refractivity contribution in [2.45, 2.75) is 49.1 Å². The van der Waals surface area contributed by atoms with Crippen LogP contribution in [-0.4, -0.2) is 40.8 Å². The highest BCUT2D eigenvalue weighted by Gasteiger charge is 2.51. The van der Waals surface area contributed by atoms with E-state index in [1.807, 2.05) is 0 Å². The molecule has 9 heteroatoms. The third-order valence-electron chi connectivity index (χ3n) is 4.94. The van der Waals surface area contributed by atoms with Crippen LogP contribution in [0, 0.1) is 16.0 Å². The lowest BCUT2D eigenvalue weighted by atomic mass is 9.85. The molecule has 0 aromatic heterocycles. The van der Waals surface area contributed by atoms with E-state index in [1.54, 1.807) is 0 Å². The number of sulfonamides is 1. The number of fused-ring (bicyclic) bond motifs is 1. The van der Waals surface area contributed by atoms with Crippen LogP contribution < -0.4 is 0 Å². The minimum Gasteiger partial charge on any atom is -0.480 e. The van der Waals surface area contributed by atoms with E-state index in [0.717, 1.165) is 35.7 Å². The average molecular weight is 354 g/mol. The highest BCUT2D eigenvalue weighted by Crippen LogP contribution is 2.42. The number of hydrogen-bond acceptors (Lipinski definition) is 5. The third kappa shape index (κ3) is 2.78. The van der Waals surface area contributed by atoms with Crippen molar-refractivity contribution < 1.29 is 23.2 Å². The molecule has 1 saturated carbocycles. The molecule has 1 aliphatic heterocycles. The Labute approximate surface area is 139 Å². The first kappa shape index (κ1) is 16.8. The van der Waals surface area contributed by atoms with Crippen LogP contribution in [0.3, 0.4) is 0 Å². The monoisotopic (exact) mass is 354 g/mol. The number of carboxylic acids is 1. The van der Waals surface area contributed by atoms with E-state index in [9.17, 15) is 28.4 Å². The lowest BCUT2D eigenvalue weighted by Crippen LogP contribution is -2.46. The Kier molecular flexibility index (Phi) is 4.31. The second kappa shape index (κ2) is 6.14. The standard InChI is InChI=1S/C15H18N2O6S/c18-15(19)14-9-10-3-1-2-4-13(10)16(14)24(22,23)12-7-5-11(6-8-12)17(20)21/h5-8,10,13-14H,1-4,9H2,(H,18,19). The van der Waals surface area contributed by atoms with Gasteiger partial charge in [0.15, 0.2) is 0 Å². The molecule has 0 radical (unpaired) electrons. The van der Waals surface area contributed by atoms with Gasteiger partial charge in [-0.15, -0.1) is 0 Å². The molecule has 3 atom stereocenters. The van der Waals surface area contributed by atoms with Gasteiger partial charge in [0.25, 0.3) is 5.69 Å². The first-order valence-electron chi connectivity index (χ1n) is 7.83. The molecule has 3 rings (SSSR count). The Bertz CT molecular complexity index is 761. The van der Waals surface area contributed by atoms with Gasteiger partial charge in [-0.3, -0.25) is 14.9 Å². The molecule has 0 amide bonds. The van der Waals surface area contributed by atoms with Gasteiger partial charge in [-0.25, -0.2) is 8.42 Å². The van der Waals surface area contributed by atoms with E-state index in [-0.39, 0.29) is 22.5 Å². The zero-order chi connectivity index (χ0) is 17.5. The predicted octanol–water partition coefficient (Wildman–Crippen LogP) is 2.00. The van der Waals surface area contributed by atoms with E-state index < -0.39 is 27.0 Å². The second-order valence-corrected chi connectivity index (χ2v) is 8.13. The fourth-order valence-electron chi connectivity index (χ4n) is 3.84. The molecule has 1 aliphatic carbocycles. The summed E-state index contributed by atoms with van der Waals surface area (Å²) in [5.74, 6) is -1.08. The van der Waals surface area contributed by atoms with Gasteiger partial charge in [0.2, 0.25) is 10.0 Å². The Balaban J connectivity index is 1.99. The van der Waals surface area contributed by atoms with E-state index in [4.69, 9.17) is 0 Å². The van der Waals surface area contributed by atoms with Crippen LogP contribution in [0.25, 0.3) is 0 Å². The molecule has 1 heterocycles. The van der Waals surface area contributed by atoms with E-state index in [0.29, 0.717) is 12.8 Å². The number of non-ortho nitro benzene ring substituents is 1. The largest absolute Gasteiger partial charge is 0.480 e. The first-order valence-corrected chi connectivity index (χ1v) is 9.27. The van der Waals surface area contributed by atoms with Gasteiger partial charge in [0.05, 0.1) is 9.82 Å². The van der Waals surface area contributed by atoms with Crippen LogP contribution in [0.1, 0.15) is 32.1 Å². The molecular weight excluding hydrogens is 336 g/mol. The van der Waals surface area contributed by atoms with Crippen molar-refractivity contribution in [2.75, 3.05) is 0 Å². The summed E-state index contributed by atoms with van der Waals surface area (Å²) in [6, 6.07) is 3.21. The topological polar surface area (TPSA) is 118 Å². The van der Waals surface area contributed by atoms with Crippen LogP contribution in [0.4, 0.5) is 5.69 Å². The highest BCUT2D eigenvalue weighted by atomic mass is 32.2. The van der Waals surface area contributed by atoms with E-state index in [2.05, 4.69) is 0 Å². The number of carboxylic acid groups (broad SMARTS) is 1. The summed E-state index contributed by atoms with van der Waals surface area (Å²) >= 11 is 0. The van der Waals surface area contributed by atoms with Gasteiger partial charge >= 0.3 is 5.97 Å². The van der Waals surface area contributed by atoms with Crippen molar-refractivity contribution in [1.82, 2.24) is 4.31 Å². The molecule has 24 heavy (non-hydrogen) atoms. The Hall–Kier alpha value is -2.00. The van der Waals surface area contributed by atoms with Gasteiger partial charge in [-0.05, 0) is 37.3 Å². The molecule has 1 N–H and O–H groups in total. The molecule has 2 fully saturated rings. The van der Waals surface area contributed by atoms with Gasteiger partial charge in [-0.2, -0.15) is 4.31 Å². The van der Waals surface area contributed by atoms with Crippen molar-refractivity contribution in [3.8, 4) is 0 Å². The number of aliphatic carboxylic acids is 1.